The zero-order valence-corrected chi connectivity index (χ0v) is 11.3. The summed E-state index contributed by atoms with van der Waals surface area (Å²) in [7, 11) is 0. The van der Waals surface area contributed by atoms with Crippen LogP contribution in [0.25, 0.3) is 0 Å². The lowest BCUT2D eigenvalue weighted by Gasteiger charge is -2.03. The van der Waals surface area contributed by atoms with E-state index in [0.717, 1.165) is 20.5 Å². The minimum Gasteiger partial charge on any atom is -0.245 e. The molecule has 0 atom stereocenters. The van der Waals surface area contributed by atoms with Crippen molar-refractivity contribution in [3.05, 3.63) is 35.1 Å². The summed E-state index contributed by atoms with van der Waals surface area (Å²) in [5.74, 6) is 1.49. The van der Waals surface area contributed by atoms with Crippen LogP contribution in [0.3, 0.4) is 0 Å². The molecule has 0 aliphatic heterocycles. The molecule has 3 rings (SSSR count). The molecule has 4 nitrogen and oxygen atoms in total. The third-order valence-corrected chi connectivity index (χ3v) is 3.67. The van der Waals surface area contributed by atoms with Crippen LogP contribution in [-0.2, 0) is 0 Å². The van der Waals surface area contributed by atoms with Crippen molar-refractivity contribution in [1.29, 1.82) is 0 Å². The van der Waals surface area contributed by atoms with E-state index in [0.29, 0.717) is 5.92 Å². The van der Waals surface area contributed by atoms with Gasteiger partial charge in [0.2, 0.25) is 0 Å². The Morgan fingerprint density at radius 1 is 1.24 bits per heavy atom. The standard InChI is InChI=1S/C11H9BrN4S/c12-8-5-10(16-11(15-8)7-1-2-7)17-9-3-4-13-6-14-9/h3-7H,1-2H2. The molecule has 2 aromatic heterocycles. The Morgan fingerprint density at radius 2 is 2.12 bits per heavy atom. The average Bonchev–Trinajstić information content (AvgIpc) is 3.13. The maximum Gasteiger partial charge on any atom is 0.134 e. The van der Waals surface area contributed by atoms with Gasteiger partial charge in [0.25, 0.3) is 0 Å². The fraction of sp³-hybridized carbons (Fsp3) is 0.273. The molecule has 0 N–H and O–H groups in total. The highest BCUT2D eigenvalue weighted by Crippen LogP contribution is 2.39. The van der Waals surface area contributed by atoms with Gasteiger partial charge in [-0.2, -0.15) is 0 Å². The van der Waals surface area contributed by atoms with E-state index < -0.39 is 0 Å². The van der Waals surface area contributed by atoms with Crippen molar-refractivity contribution < 1.29 is 0 Å². The van der Waals surface area contributed by atoms with Gasteiger partial charge in [-0.1, -0.05) is 0 Å². The van der Waals surface area contributed by atoms with Gasteiger partial charge in [0.15, 0.2) is 0 Å². The zero-order valence-electron chi connectivity index (χ0n) is 8.88. The summed E-state index contributed by atoms with van der Waals surface area (Å²) in [6.07, 6.45) is 5.68. The molecule has 0 radical (unpaired) electrons. The molecule has 1 aliphatic carbocycles. The van der Waals surface area contributed by atoms with E-state index in [1.165, 1.54) is 24.6 Å². The van der Waals surface area contributed by atoms with Gasteiger partial charge in [-0.25, -0.2) is 19.9 Å². The molecule has 0 saturated heterocycles. The summed E-state index contributed by atoms with van der Waals surface area (Å²) in [4.78, 5) is 17.0. The zero-order chi connectivity index (χ0) is 11.7. The van der Waals surface area contributed by atoms with Crippen LogP contribution in [0.15, 0.2) is 39.3 Å². The van der Waals surface area contributed by atoms with Gasteiger partial charge in [0, 0.05) is 18.2 Å². The van der Waals surface area contributed by atoms with E-state index in [-0.39, 0.29) is 0 Å². The van der Waals surface area contributed by atoms with Crippen molar-refractivity contribution in [3.63, 3.8) is 0 Å². The number of hydrogen-bond donors (Lipinski definition) is 0. The van der Waals surface area contributed by atoms with Crippen molar-refractivity contribution >= 4 is 27.7 Å². The molecule has 17 heavy (non-hydrogen) atoms. The topological polar surface area (TPSA) is 51.6 Å². The van der Waals surface area contributed by atoms with Gasteiger partial charge in [0.1, 0.15) is 26.8 Å². The minimum absolute atomic E-state index is 0.553. The molecule has 0 unspecified atom stereocenters. The van der Waals surface area contributed by atoms with E-state index in [4.69, 9.17) is 0 Å². The highest BCUT2D eigenvalue weighted by Gasteiger charge is 2.27. The number of hydrogen-bond acceptors (Lipinski definition) is 5. The number of rotatable bonds is 3. The maximum atomic E-state index is 4.55. The second-order valence-electron chi connectivity index (χ2n) is 3.81. The van der Waals surface area contributed by atoms with Crippen molar-refractivity contribution in [2.45, 2.75) is 28.8 Å². The molecule has 1 saturated carbocycles. The normalized spacial score (nSPS) is 14.9. The monoisotopic (exact) mass is 308 g/mol. The molecule has 2 aromatic rings. The third-order valence-electron chi connectivity index (χ3n) is 2.40. The van der Waals surface area contributed by atoms with Gasteiger partial charge in [0.05, 0.1) is 0 Å². The van der Waals surface area contributed by atoms with E-state index >= 15 is 0 Å². The van der Waals surface area contributed by atoms with Gasteiger partial charge in [-0.05, 0) is 46.6 Å². The Morgan fingerprint density at radius 3 is 2.82 bits per heavy atom. The molecule has 0 amide bonds. The highest BCUT2D eigenvalue weighted by molar-refractivity contribution is 9.10. The van der Waals surface area contributed by atoms with Gasteiger partial charge in [-0.15, -0.1) is 0 Å². The fourth-order valence-electron chi connectivity index (χ4n) is 1.44. The lowest BCUT2D eigenvalue weighted by molar-refractivity contribution is 0.865. The molecule has 6 heteroatoms. The quantitative estimate of drug-likeness (QED) is 0.816. The maximum absolute atomic E-state index is 4.55. The molecule has 0 aromatic carbocycles. The Balaban J connectivity index is 1.87. The van der Waals surface area contributed by atoms with Crippen molar-refractivity contribution in [2.24, 2.45) is 0 Å². The van der Waals surface area contributed by atoms with Crippen LogP contribution in [0, 0.1) is 0 Å². The van der Waals surface area contributed by atoms with Crippen LogP contribution in [0.5, 0.6) is 0 Å². The lowest BCUT2D eigenvalue weighted by atomic mass is 10.4. The fourth-order valence-corrected chi connectivity index (χ4v) is 2.74. The number of halogens is 1. The van der Waals surface area contributed by atoms with Gasteiger partial charge < -0.3 is 0 Å². The predicted molar refractivity (Wildman–Crippen MR) is 67.9 cm³/mol. The van der Waals surface area contributed by atoms with Crippen molar-refractivity contribution in [1.82, 2.24) is 19.9 Å². The summed E-state index contributed by atoms with van der Waals surface area (Å²) in [6, 6.07) is 3.79. The van der Waals surface area contributed by atoms with Crippen LogP contribution in [0.4, 0.5) is 0 Å². The molecular formula is C11H9BrN4S. The molecule has 2 heterocycles. The molecule has 0 spiro atoms. The first kappa shape index (κ1) is 11.1. The van der Waals surface area contributed by atoms with Gasteiger partial charge in [-0.3, -0.25) is 0 Å². The van der Waals surface area contributed by atoms with Crippen LogP contribution in [0.1, 0.15) is 24.6 Å². The summed E-state index contributed by atoms with van der Waals surface area (Å²) in [5, 5.41) is 1.82. The molecule has 0 bridgehead atoms. The Kier molecular flexibility index (Phi) is 3.07. The number of aromatic nitrogens is 4. The highest BCUT2D eigenvalue weighted by atomic mass is 79.9. The minimum atomic E-state index is 0.553. The molecular weight excluding hydrogens is 300 g/mol. The summed E-state index contributed by atoms with van der Waals surface area (Å²) in [5.41, 5.74) is 0. The third kappa shape index (κ3) is 2.81. The summed E-state index contributed by atoms with van der Waals surface area (Å²) < 4.78 is 0.839. The van der Waals surface area contributed by atoms with Gasteiger partial charge >= 0.3 is 0 Å². The largest absolute Gasteiger partial charge is 0.245 e. The lowest BCUT2D eigenvalue weighted by Crippen LogP contribution is -1.94. The van der Waals surface area contributed by atoms with Crippen LogP contribution in [0.2, 0.25) is 0 Å². The van der Waals surface area contributed by atoms with Crippen molar-refractivity contribution in [3.8, 4) is 0 Å². The smallest absolute Gasteiger partial charge is 0.134 e. The first-order valence-corrected chi connectivity index (χ1v) is 6.90. The van der Waals surface area contributed by atoms with Crippen LogP contribution in [-0.4, -0.2) is 19.9 Å². The molecule has 86 valence electrons. The summed E-state index contributed by atoms with van der Waals surface area (Å²) in [6.45, 7) is 0. The van der Waals surface area contributed by atoms with E-state index in [1.807, 2.05) is 12.1 Å². The average molecular weight is 309 g/mol. The first-order valence-electron chi connectivity index (χ1n) is 5.29. The van der Waals surface area contributed by atoms with E-state index in [9.17, 15) is 0 Å². The predicted octanol–water partition coefficient (Wildman–Crippen LogP) is 3.06. The second-order valence-corrected chi connectivity index (χ2v) is 5.66. The summed E-state index contributed by atoms with van der Waals surface area (Å²) >= 11 is 4.95. The van der Waals surface area contributed by atoms with E-state index in [1.54, 1.807) is 12.5 Å². The molecule has 1 aliphatic rings. The first-order chi connectivity index (χ1) is 8.31. The SMILES string of the molecule is Brc1cc(Sc2ccncn2)nc(C2CC2)n1. The van der Waals surface area contributed by atoms with Crippen molar-refractivity contribution in [2.75, 3.05) is 0 Å². The van der Waals surface area contributed by atoms with Crippen LogP contribution >= 0.6 is 27.7 Å². The van der Waals surface area contributed by atoms with E-state index in [2.05, 4.69) is 35.9 Å². The Bertz CT molecular complexity index is 530. The Hall–Kier alpha value is -1.01. The Labute approximate surface area is 111 Å². The number of nitrogens with zero attached hydrogens (tertiary/aromatic N) is 4. The van der Waals surface area contributed by atoms with Crippen LogP contribution < -0.4 is 0 Å². The molecule has 1 fully saturated rings. The second kappa shape index (κ2) is 4.70.